The molecule has 146 valence electrons. The van der Waals surface area contributed by atoms with Crippen LogP contribution in [0.4, 0.5) is 4.39 Å². The number of hydrogen-bond acceptors (Lipinski definition) is 3. The van der Waals surface area contributed by atoms with E-state index in [1.54, 1.807) is 32.2 Å². The number of amides is 1. The Morgan fingerprint density at radius 3 is 2.64 bits per heavy atom. The Kier molecular flexibility index (Phi) is 6.42. The molecule has 0 atom stereocenters. The molecule has 0 radical (unpaired) electrons. The highest BCUT2D eigenvalue weighted by molar-refractivity contribution is 5.93. The fourth-order valence-corrected chi connectivity index (χ4v) is 2.93. The molecular formula is C22H24FN3O2. The Labute approximate surface area is 163 Å². The number of ether oxygens (including phenoxy) is 1. The van der Waals surface area contributed by atoms with Gasteiger partial charge >= 0.3 is 0 Å². The van der Waals surface area contributed by atoms with Gasteiger partial charge in [-0.2, -0.15) is 5.10 Å². The van der Waals surface area contributed by atoms with Gasteiger partial charge in [0, 0.05) is 12.1 Å². The molecule has 6 heteroatoms. The first-order chi connectivity index (χ1) is 13.6. The van der Waals surface area contributed by atoms with Crippen molar-refractivity contribution in [2.24, 2.45) is 0 Å². The van der Waals surface area contributed by atoms with Crippen molar-refractivity contribution >= 4 is 5.91 Å². The van der Waals surface area contributed by atoms with Gasteiger partial charge in [-0.25, -0.2) is 4.39 Å². The number of methoxy groups -OCH3 is 1. The molecule has 0 unspecified atom stereocenters. The number of aromatic nitrogens is 2. The van der Waals surface area contributed by atoms with Crippen LogP contribution in [-0.2, 0) is 6.42 Å². The molecule has 0 saturated carbocycles. The van der Waals surface area contributed by atoms with Crippen LogP contribution in [0.25, 0.3) is 11.3 Å². The second-order valence-corrected chi connectivity index (χ2v) is 6.69. The molecular weight excluding hydrogens is 357 g/mol. The molecule has 1 amide bonds. The quantitative estimate of drug-likeness (QED) is 0.572. The number of nitrogens with one attached hydrogen (secondary N) is 2. The van der Waals surface area contributed by atoms with Crippen molar-refractivity contribution in [1.29, 1.82) is 0 Å². The highest BCUT2D eigenvalue weighted by atomic mass is 19.1. The maximum atomic E-state index is 13.4. The van der Waals surface area contributed by atoms with Crippen LogP contribution in [0.1, 0.15) is 34.5 Å². The minimum absolute atomic E-state index is 0.193. The predicted molar refractivity (Wildman–Crippen MR) is 107 cm³/mol. The van der Waals surface area contributed by atoms with Gasteiger partial charge in [0.1, 0.15) is 17.3 Å². The average Bonchev–Trinajstić information content (AvgIpc) is 3.20. The number of hydrogen-bond donors (Lipinski definition) is 2. The first kappa shape index (κ1) is 19.6. The Morgan fingerprint density at radius 1 is 1.14 bits per heavy atom. The Hall–Kier alpha value is -3.15. The van der Waals surface area contributed by atoms with Gasteiger partial charge in [0.2, 0.25) is 0 Å². The van der Waals surface area contributed by atoms with Crippen molar-refractivity contribution in [1.82, 2.24) is 15.5 Å². The molecule has 0 spiro atoms. The number of H-pyrrole nitrogens is 1. The number of aryl methyl sites for hydroxylation is 2. The summed E-state index contributed by atoms with van der Waals surface area (Å²) in [4.78, 5) is 12.3. The Bertz CT molecular complexity index is 935. The van der Waals surface area contributed by atoms with Crippen LogP contribution in [-0.4, -0.2) is 29.8 Å². The molecule has 1 heterocycles. The lowest BCUT2D eigenvalue weighted by Crippen LogP contribution is -2.24. The van der Waals surface area contributed by atoms with Crippen LogP contribution in [0.15, 0.2) is 48.5 Å². The van der Waals surface area contributed by atoms with E-state index in [0.29, 0.717) is 23.5 Å². The largest absolute Gasteiger partial charge is 0.497 e. The summed E-state index contributed by atoms with van der Waals surface area (Å²) >= 11 is 0. The third-order valence-corrected chi connectivity index (χ3v) is 4.61. The maximum Gasteiger partial charge on any atom is 0.269 e. The van der Waals surface area contributed by atoms with Gasteiger partial charge in [-0.15, -0.1) is 0 Å². The number of unbranched alkanes of at least 4 members (excludes halogenated alkanes) is 1. The second-order valence-electron chi connectivity index (χ2n) is 6.69. The van der Waals surface area contributed by atoms with Crippen LogP contribution in [0.5, 0.6) is 5.75 Å². The van der Waals surface area contributed by atoms with Crippen LogP contribution in [0.3, 0.4) is 0 Å². The van der Waals surface area contributed by atoms with Crippen molar-refractivity contribution in [3.63, 3.8) is 0 Å². The van der Waals surface area contributed by atoms with E-state index >= 15 is 0 Å². The standard InChI is InChI=1S/C22H24FN3O2/c1-15-13-17(8-11-19(15)23)20-14-21(26-25-20)22(27)24-12-4-3-5-16-6-9-18(28-2)10-7-16/h6-11,13-14H,3-5,12H2,1-2H3,(H,24,27)(H,25,26). The summed E-state index contributed by atoms with van der Waals surface area (Å²) in [5.41, 5.74) is 3.58. The van der Waals surface area contributed by atoms with Gasteiger partial charge in [-0.05, 0) is 73.7 Å². The average molecular weight is 381 g/mol. The number of halogens is 1. The van der Waals surface area contributed by atoms with Gasteiger partial charge in [0.15, 0.2) is 0 Å². The summed E-state index contributed by atoms with van der Waals surface area (Å²) in [6, 6.07) is 14.5. The minimum atomic E-state index is -0.258. The normalized spacial score (nSPS) is 10.7. The van der Waals surface area contributed by atoms with Crippen LogP contribution >= 0.6 is 0 Å². The first-order valence-electron chi connectivity index (χ1n) is 9.30. The van der Waals surface area contributed by atoms with Gasteiger partial charge < -0.3 is 10.1 Å². The van der Waals surface area contributed by atoms with Gasteiger partial charge in [-0.1, -0.05) is 12.1 Å². The van der Waals surface area contributed by atoms with Crippen molar-refractivity contribution in [3.8, 4) is 17.0 Å². The third-order valence-electron chi connectivity index (χ3n) is 4.61. The summed E-state index contributed by atoms with van der Waals surface area (Å²) < 4.78 is 18.5. The SMILES string of the molecule is COc1ccc(CCCCNC(=O)c2cc(-c3ccc(F)c(C)c3)n[nH]2)cc1. The smallest absolute Gasteiger partial charge is 0.269 e. The number of rotatable bonds is 8. The number of nitrogens with zero attached hydrogens (tertiary/aromatic N) is 1. The van der Waals surface area contributed by atoms with Crippen molar-refractivity contribution in [2.75, 3.05) is 13.7 Å². The van der Waals surface area contributed by atoms with E-state index in [4.69, 9.17) is 4.74 Å². The molecule has 0 aliphatic carbocycles. The van der Waals surface area contributed by atoms with Crippen LogP contribution in [0, 0.1) is 12.7 Å². The fourth-order valence-electron chi connectivity index (χ4n) is 2.93. The molecule has 0 fully saturated rings. The predicted octanol–water partition coefficient (Wildman–Crippen LogP) is 4.29. The monoisotopic (exact) mass is 381 g/mol. The zero-order valence-electron chi connectivity index (χ0n) is 16.1. The first-order valence-corrected chi connectivity index (χ1v) is 9.30. The molecule has 1 aromatic heterocycles. The Morgan fingerprint density at radius 2 is 1.93 bits per heavy atom. The molecule has 3 aromatic rings. The second kappa shape index (κ2) is 9.17. The summed E-state index contributed by atoms with van der Waals surface area (Å²) in [6.07, 6.45) is 2.82. The van der Waals surface area contributed by atoms with Crippen molar-refractivity contribution in [2.45, 2.75) is 26.2 Å². The molecule has 0 aliphatic rings. The third kappa shape index (κ3) is 4.97. The van der Waals surface area contributed by atoms with Crippen molar-refractivity contribution in [3.05, 3.63) is 71.2 Å². The molecule has 28 heavy (non-hydrogen) atoms. The topological polar surface area (TPSA) is 67.0 Å². The van der Waals surface area contributed by atoms with E-state index in [1.807, 2.05) is 12.1 Å². The maximum absolute atomic E-state index is 13.4. The van der Waals surface area contributed by atoms with Crippen molar-refractivity contribution < 1.29 is 13.9 Å². The fraction of sp³-hybridized carbons (Fsp3) is 0.273. The van der Waals surface area contributed by atoms with E-state index < -0.39 is 0 Å². The van der Waals surface area contributed by atoms with E-state index in [2.05, 4.69) is 27.6 Å². The summed E-state index contributed by atoms with van der Waals surface area (Å²) in [5.74, 6) is 0.402. The van der Waals surface area contributed by atoms with Gasteiger partial charge in [0.25, 0.3) is 5.91 Å². The molecule has 0 bridgehead atoms. The Balaban J connectivity index is 1.45. The molecule has 3 rings (SSSR count). The number of benzene rings is 2. The zero-order chi connectivity index (χ0) is 19.9. The highest BCUT2D eigenvalue weighted by Gasteiger charge is 2.11. The van der Waals surface area contributed by atoms with E-state index in [-0.39, 0.29) is 11.7 Å². The summed E-state index contributed by atoms with van der Waals surface area (Å²) in [6.45, 7) is 2.30. The van der Waals surface area contributed by atoms with Gasteiger partial charge in [0.05, 0.1) is 12.8 Å². The summed E-state index contributed by atoms with van der Waals surface area (Å²) in [7, 11) is 1.65. The number of carbonyl (C=O) groups excluding carboxylic acids is 1. The highest BCUT2D eigenvalue weighted by Crippen LogP contribution is 2.20. The van der Waals surface area contributed by atoms with E-state index in [0.717, 1.165) is 30.6 Å². The molecule has 0 aliphatic heterocycles. The lowest BCUT2D eigenvalue weighted by atomic mass is 10.1. The van der Waals surface area contributed by atoms with Gasteiger partial charge in [-0.3, -0.25) is 9.89 Å². The molecule has 0 saturated heterocycles. The van der Waals surface area contributed by atoms with Crippen LogP contribution < -0.4 is 10.1 Å². The summed E-state index contributed by atoms with van der Waals surface area (Å²) in [5, 5.41) is 9.80. The lowest BCUT2D eigenvalue weighted by Gasteiger charge is -2.05. The van der Waals surface area contributed by atoms with Crippen LogP contribution in [0.2, 0.25) is 0 Å². The number of aromatic amines is 1. The van der Waals surface area contributed by atoms with E-state index in [9.17, 15) is 9.18 Å². The van der Waals surface area contributed by atoms with E-state index in [1.165, 1.54) is 11.6 Å². The zero-order valence-corrected chi connectivity index (χ0v) is 16.1. The lowest BCUT2D eigenvalue weighted by molar-refractivity contribution is 0.0948. The minimum Gasteiger partial charge on any atom is -0.497 e. The number of carbonyl (C=O) groups is 1. The molecule has 2 aromatic carbocycles. The molecule has 5 nitrogen and oxygen atoms in total. The molecule has 2 N–H and O–H groups in total.